The van der Waals surface area contributed by atoms with Gasteiger partial charge in [-0.3, -0.25) is 0 Å². The summed E-state index contributed by atoms with van der Waals surface area (Å²) in [4.78, 5) is 0. The Kier molecular flexibility index (Phi) is 5.99. The van der Waals surface area contributed by atoms with Crippen molar-refractivity contribution in [1.29, 1.82) is 0 Å². The van der Waals surface area contributed by atoms with E-state index in [2.05, 4.69) is 23.7 Å². The summed E-state index contributed by atoms with van der Waals surface area (Å²) < 4.78 is 22.0. The van der Waals surface area contributed by atoms with E-state index >= 15 is 0 Å². The predicted octanol–water partition coefficient (Wildman–Crippen LogP) is -1.61. The largest absolute Gasteiger partial charge is 0.384 e. The van der Waals surface area contributed by atoms with Crippen LogP contribution in [0.1, 0.15) is 0 Å². The van der Waals surface area contributed by atoms with E-state index in [9.17, 15) is 8.42 Å². The molecule has 0 saturated heterocycles. The van der Waals surface area contributed by atoms with Gasteiger partial charge in [0.05, 0.1) is 0 Å². The summed E-state index contributed by atoms with van der Waals surface area (Å²) in [6.07, 6.45) is 0. The second-order valence-corrected chi connectivity index (χ2v) is 4.12. The molecule has 0 aromatic rings. The molecule has 0 saturated carbocycles. The minimum Gasteiger partial charge on any atom is -0.384 e. The van der Waals surface area contributed by atoms with Crippen LogP contribution in [0.15, 0.2) is 0 Å². The first-order valence-electron chi connectivity index (χ1n) is 3.46. The molecule has 4 nitrogen and oxygen atoms in total. The van der Waals surface area contributed by atoms with E-state index in [1.165, 1.54) is 0 Å². The maximum Gasteiger partial charge on any atom is 0.172 e. The Balaban J connectivity index is 4.10. The Labute approximate surface area is 77.5 Å². The van der Waals surface area contributed by atoms with Crippen LogP contribution in [0.25, 0.3) is 0 Å². The molecular formula is C8H10O4S. The van der Waals surface area contributed by atoms with Crippen molar-refractivity contribution in [3.8, 4) is 23.7 Å². The summed E-state index contributed by atoms with van der Waals surface area (Å²) in [6, 6.07) is 0. The van der Waals surface area contributed by atoms with Crippen LogP contribution in [-0.2, 0) is 9.84 Å². The van der Waals surface area contributed by atoms with Crippen molar-refractivity contribution >= 4 is 9.84 Å². The smallest absolute Gasteiger partial charge is 0.172 e. The van der Waals surface area contributed by atoms with Crippen molar-refractivity contribution in [2.45, 2.75) is 0 Å². The molecule has 5 heteroatoms. The summed E-state index contributed by atoms with van der Waals surface area (Å²) in [5, 5.41) is 16.5. The Morgan fingerprint density at radius 1 is 0.846 bits per heavy atom. The lowest BCUT2D eigenvalue weighted by Crippen LogP contribution is -2.08. The van der Waals surface area contributed by atoms with Crippen LogP contribution in [0.3, 0.4) is 0 Å². The molecule has 2 N–H and O–H groups in total. The zero-order chi connectivity index (χ0) is 10.2. The van der Waals surface area contributed by atoms with Crippen molar-refractivity contribution in [3.05, 3.63) is 0 Å². The molecule has 0 amide bonds. The Morgan fingerprint density at radius 3 is 1.54 bits per heavy atom. The molecule has 0 unspecified atom stereocenters. The third-order valence-corrected chi connectivity index (χ3v) is 2.16. The van der Waals surface area contributed by atoms with Gasteiger partial charge in [0.1, 0.15) is 24.7 Å². The second kappa shape index (κ2) is 6.50. The molecule has 0 aliphatic rings. The second-order valence-electron chi connectivity index (χ2n) is 2.06. The van der Waals surface area contributed by atoms with Crippen molar-refractivity contribution in [1.82, 2.24) is 0 Å². The highest BCUT2D eigenvalue weighted by molar-refractivity contribution is 7.91. The average molecular weight is 202 g/mol. The average Bonchev–Trinajstić information content (AvgIpc) is 2.05. The number of sulfone groups is 1. The SMILES string of the molecule is O=S(=O)(CC#CCO)CC#CCO. The van der Waals surface area contributed by atoms with Crippen molar-refractivity contribution < 1.29 is 18.6 Å². The summed E-state index contributed by atoms with van der Waals surface area (Å²) in [5.41, 5.74) is 0. The van der Waals surface area contributed by atoms with Gasteiger partial charge in [0.15, 0.2) is 9.84 Å². The third-order valence-electron chi connectivity index (χ3n) is 0.992. The summed E-state index contributed by atoms with van der Waals surface area (Å²) in [6.45, 7) is -0.699. The first kappa shape index (κ1) is 12.0. The Morgan fingerprint density at radius 2 is 1.23 bits per heavy atom. The minimum atomic E-state index is -3.30. The highest BCUT2D eigenvalue weighted by atomic mass is 32.2. The van der Waals surface area contributed by atoms with E-state index in [-0.39, 0.29) is 24.7 Å². The number of hydrogen-bond donors (Lipinski definition) is 2. The number of rotatable bonds is 2. The lowest BCUT2D eigenvalue weighted by molar-refractivity contribution is 0.350. The highest BCUT2D eigenvalue weighted by Crippen LogP contribution is 1.86. The maximum atomic E-state index is 11.0. The van der Waals surface area contributed by atoms with E-state index in [1.807, 2.05) is 0 Å². The van der Waals surface area contributed by atoms with E-state index in [0.717, 1.165) is 0 Å². The quantitative estimate of drug-likeness (QED) is 0.528. The van der Waals surface area contributed by atoms with Crippen LogP contribution in [-0.4, -0.2) is 43.4 Å². The lowest BCUT2D eigenvalue weighted by Gasteiger charge is -1.90. The molecular weight excluding hydrogens is 192 g/mol. The summed E-state index contributed by atoms with van der Waals surface area (Å²) in [5.74, 6) is 8.39. The standard InChI is InChI=1S/C8H10O4S/c9-5-1-3-7-13(11,12)8-4-2-6-10/h9-10H,5-8H2. The van der Waals surface area contributed by atoms with E-state index in [0.29, 0.717) is 0 Å². The van der Waals surface area contributed by atoms with Gasteiger partial charge < -0.3 is 10.2 Å². The number of aliphatic hydroxyl groups excluding tert-OH is 2. The molecule has 0 heterocycles. The molecule has 0 atom stereocenters. The van der Waals surface area contributed by atoms with Gasteiger partial charge in [-0.25, -0.2) is 8.42 Å². The molecule has 0 fully saturated rings. The monoisotopic (exact) mass is 202 g/mol. The van der Waals surface area contributed by atoms with Crippen LogP contribution in [0.5, 0.6) is 0 Å². The third kappa shape index (κ3) is 7.35. The van der Waals surface area contributed by atoms with Crippen LogP contribution >= 0.6 is 0 Å². The Hall–Kier alpha value is -1.01. The molecule has 72 valence electrons. The van der Waals surface area contributed by atoms with E-state index in [4.69, 9.17) is 10.2 Å². The van der Waals surface area contributed by atoms with Gasteiger partial charge >= 0.3 is 0 Å². The topological polar surface area (TPSA) is 74.6 Å². The molecule has 0 spiro atoms. The van der Waals surface area contributed by atoms with Gasteiger partial charge in [-0.1, -0.05) is 23.7 Å². The van der Waals surface area contributed by atoms with Crippen LogP contribution in [0.2, 0.25) is 0 Å². The van der Waals surface area contributed by atoms with Crippen molar-refractivity contribution in [2.24, 2.45) is 0 Å². The molecule has 0 aliphatic carbocycles. The fraction of sp³-hybridized carbons (Fsp3) is 0.500. The fourth-order valence-corrected chi connectivity index (χ4v) is 1.23. The number of aliphatic hydroxyl groups is 2. The van der Waals surface area contributed by atoms with Crippen LogP contribution in [0, 0.1) is 23.7 Å². The molecule has 13 heavy (non-hydrogen) atoms. The first-order chi connectivity index (χ1) is 6.12. The summed E-state index contributed by atoms with van der Waals surface area (Å²) in [7, 11) is -3.30. The van der Waals surface area contributed by atoms with Gasteiger partial charge in [0.2, 0.25) is 0 Å². The van der Waals surface area contributed by atoms with Gasteiger partial charge in [-0.15, -0.1) is 0 Å². The molecule has 0 aliphatic heterocycles. The van der Waals surface area contributed by atoms with E-state index in [1.54, 1.807) is 0 Å². The minimum absolute atomic E-state index is 0.312. The Bertz CT molecular complexity index is 317. The maximum absolute atomic E-state index is 11.0. The molecule has 0 radical (unpaired) electrons. The van der Waals surface area contributed by atoms with Crippen LogP contribution < -0.4 is 0 Å². The summed E-state index contributed by atoms with van der Waals surface area (Å²) >= 11 is 0. The van der Waals surface area contributed by atoms with Crippen molar-refractivity contribution in [3.63, 3.8) is 0 Å². The highest BCUT2D eigenvalue weighted by Gasteiger charge is 2.05. The van der Waals surface area contributed by atoms with E-state index < -0.39 is 9.84 Å². The van der Waals surface area contributed by atoms with Crippen LogP contribution in [0.4, 0.5) is 0 Å². The predicted molar refractivity (Wildman–Crippen MR) is 48.4 cm³/mol. The zero-order valence-corrected chi connectivity index (χ0v) is 7.76. The van der Waals surface area contributed by atoms with Gasteiger partial charge in [-0.2, -0.15) is 0 Å². The van der Waals surface area contributed by atoms with Crippen molar-refractivity contribution in [2.75, 3.05) is 24.7 Å². The lowest BCUT2D eigenvalue weighted by atomic mass is 10.6. The molecule has 0 aromatic carbocycles. The van der Waals surface area contributed by atoms with Gasteiger partial charge in [0, 0.05) is 0 Å². The normalized spacial score (nSPS) is 9.38. The van der Waals surface area contributed by atoms with Gasteiger partial charge in [0.25, 0.3) is 0 Å². The molecule has 0 bridgehead atoms. The van der Waals surface area contributed by atoms with Gasteiger partial charge in [-0.05, 0) is 0 Å². The molecule has 0 rings (SSSR count). The fourth-order valence-electron chi connectivity index (χ4n) is 0.485. The first-order valence-corrected chi connectivity index (χ1v) is 5.28. The molecule has 0 aromatic heterocycles. The number of hydrogen-bond acceptors (Lipinski definition) is 4. The zero-order valence-electron chi connectivity index (χ0n) is 6.95.